The maximum atomic E-state index is 10.8. The van der Waals surface area contributed by atoms with Gasteiger partial charge < -0.3 is 15.8 Å². The van der Waals surface area contributed by atoms with Crippen LogP contribution in [0.5, 0.6) is 5.75 Å². The van der Waals surface area contributed by atoms with E-state index in [0.717, 1.165) is 22.9 Å². The van der Waals surface area contributed by atoms with Crippen molar-refractivity contribution in [3.8, 4) is 5.75 Å². The first kappa shape index (κ1) is 11.5. The number of amides is 1. The second-order valence-electron chi connectivity index (χ2n) is 4.38. The Hall–Kier alpha value is -1.97. The largest absolute Gasteiger partial charge is 0.508 e. The summed E-state index contributed by atoms with van der Waals surface area (Å²) < 4.78 is 0. The Kier molecular flexibility index (Phi) is 3.04. The van der Waals surface area contributed by atoms with Crippen molar-refractivity contribution in [3.05, 3.63) is 30.0 Å². The fourth-order valence-electron chi connectivity index (χ4n) is 2.05. The summed E-state index contributed by atoms with van der Waals surface area (Å²) in [6.45, 7) is 2.05. The SMILES string of the molecule is CC(CCC(N)=O)c1c[nH]c2ccc(O)cc12. The fourth-order valence-corrected chi connectivity index (χ4v) is 2.05. The van der Waals surface area contributed by atoms with E-state index in [4.69, 9.17) is 5.73 Å². The van der Waals surface area contributed by atoms with E-state index < -0.39 is 0 Å². The highest BCUT2D eigenvalue weighted by atomic mass is 16.3. The maximum Gasteiger partial charge on any atom is 0.217 e. The molecule has 1 aromatic carbocycles. The minimum atomic E-state index is -0.278. The van der Waals surface area contributed by atoms with Crippen molar-refractivity contribution in [3.63, 3.8) is 0 Å². The fraction of sp³-hybridized carbons (Fsp3) is 0.308. The number of carbonyl (C=O) groups is 1. The highest BCUT2D eigenvalue weighted by Crippen LogP contribution is 2.30. The van der Waals surface area contributed by atoms with E-state index in [1.165, 1.54) is 0 Å². The topological polar surface area (TPSA) is 79.1 Å². The molecule has 0 aliphatic carbocycles. The molecule has 2 aromatic rings. The molecule has 0 saturated heterocycles. The molecule has 90 valence electrons. The van der Waals surface area contributed by atoms with Gasteiger partial charge in [-0.05, 0) is 36.1 Å². The summed E-state index contributed by atoms with van der Waals surface area (Å²) in [4.78, 5) is 13.9. The van der Waals surface area contributed by atoms with Gasteiger partial charge in [0, 0.05) is 23.5 Å². The zero-order valence-corrected chi connectivity index (χ0v) is 9.73. The zero-order chi connectivity index (χ0) is 12.4. The van der Waals surface area contributed by atoms with E-state index >= 15 is 0 Å². The molecule has 1 atom stereocenters. The monoisotopic (exact) mass is 232 g/mol. The van der Waals surface area contributed by atoms with Crippen molar-refractivity contribution in [1.82, 2.24) is 4.98 Å². The number of hydrogen-bond acceptors (Lipinski definition) is 2. The predicted molar refractivity (Wildman–Crippen MR) is 66.8 cm³/mol. The number of nitrogens with two attached hydrogens (primary N) is 1. The van der Waals surface area contributed by atoms with Crippen LogP contribution < -0.4 is 5.73 Å². The van der Waals surface area contributed by atoms with E-state index in [1.807, 2.05) is 12.3 Å². The lowest BCUT2D eigenvalue weighted by Crippen LogP contribution is -2.11. The number of H-pyrrole nitrogens is 1. The van der Waals surface area contributed by atoms with E-state index in [0.29, 0.717) is 6.42 Å². The second kappa shape index (κ2) is 4.49. The number of primary amides is 1. The molecular formula is C13H16N2O2. The van der Waals surface area contributed by atoms with Crippen molar-refractivity contribution in [2.75, 3.05) is 0 Å². The molecule has 0 fully saturated rings. The number of phenols is 1. The maximum absolute atomic E-state index is 10.8. The number of hydrogen-bond donors (Lipinski definition) is 3. The van der Waals surface area contributed by atoms with Gasteiger partial charge in [-0.25, -0.2) is 0 Å². The molecule has 0 radical (unpaired) electrons. The van der Waals surface area contributed by atoms with Crippen LogP contribution in [0.15, 0.2) is 24.4 Å². The lowest BCUT2D eigenvalue weighted by atomic mass is 9.95. The normalized spacial score (nSPS) is 12.8. The minimum Gasteiger partial charge on any atom is -0.508 e. The van der Waals surface area contributed by atoms with Crippen molar-refractivity contribution in [1.29, 1.82) is 0 Å². The number of benzene rings is 1. The molecule has 0 saturated carbocycles. The van der Waals surface area contributed by atoms with Gasteiger partial charge in [0.1, 0.15) is 5.75 Å². The third kappa shape index (κ3) is 2.41. The zero-order valence-electron chi connectivity index (χ0n) is 9.73. The van der Waals surface area contributed by atoms with Gasteiger partial charge in [-0.2, -0.15) is 0 Å². The van der Waals surface area contributed by atoms with Crippen LogP contribution in [0.25, 0.3) is 10.9 Å². The number of phenolic OH excluding ortho intramolecular Hbond substituents is 1. The summed E-state index contributed by atoms with van der Waals surface area (Å²) in [5.41, 5.74) is 7.24. The van der Waals surface area contributed by atoms with Gasteiger partial charge in [0.15, 0.2) is 0 Å². The van der Waals surface area contributed by atoms with Crippen LogP contribution in [-0.2, 0) is 4.79 Å². The Morgan fingerprint density at radius 2 is 2.29 bits per heavy atom. The lowest BCUT2D eigenvalue weighted by molar-refractivity contribution is -0.118. The highest BCUT2D eigenvalue weighted by Gasteiger charge is 2.12. The standard InChI is InChI=1S/C13H16N2O2/c1-8(2-5-13(14)17)11-7-15-12-4-3-9(16)6-10(11)12/h3-4,6-8,15-16H,2,5H2,1H3,(H2,14,17). The average molecular weight is 232 g/mol. The Balaban J connectivity index is 2.28. The molecular weight excluding hydrogens is 216 g/mol. The van der Waals surface area contributed by atoms with Gasteiger partial charge >= 0.3 is 0 Å². The summed E-state index contributed by atoms with van der Waals surface area (Å²) in [5, 5.41) is 10.5. The molecule has 4 heteroatoms. The third-order valence-electron chi connectivity index (χ3n) is 3.05. The quantitative estimate of drug-likeness (QED) is 0.755. The molecule has 0 aliphatic rings. The number of carbonyl (C=O) groups excluding carboxylic acids is 1. The Morgan fingerprint density at radius 1 is 1.53 bits per heavy atom. The Bertz CT molecular complexity index is 545. The minimum absolute atomic E-state index is 0.234. The molecule has 1 unspecified atom stereocenters. The van der Waals surface area contributed by atoms with Gasteiger partial charge in [-0.1, -0.05) is 6.92 Å². The second-order valence-corrected chi connectivity index (χ2v) is 4.38. The van der Waals surface area contributed by atoms with Gasteiger partial charge in [0.25, 0.3) is 0 Å². The average Bonchev–Trinajstić information content (AvgIpc) is 2.68. The van der Waals surface area contributed by atoms with Crippen molar-refractivity contribution < 1.29 is 9.90 Å². The number of nitrogens with one attached hydrogen (secondary N) is 1. The summed E-state index contributed by atoms with van der Waals surface area (Å²) >= 11 is 0. The Labute approximate surface area is 99.4 Å². The number of aromatic amines is 1. The Morgan fingerprint density at radius 3 is 3.00 bits per heavy atom. The van der Waals surface area contributed by atoms with Crippen LogP contribution in [0, 0.1) is 0 Å². The molecule has 1 heterocycles. The van der Waals surface area contributed by atoms with Gasteiger partial charge in [0.05, 0.1) is 0 Å². The summed E-state index contributed by atoms with van der Waals surface area (Å²) in [5.74, 6) is 0.207. The van der Waals surface area contributed by atoms with E-state index in [9.17, 15) is 9.90 Å². The molecule has 17 heavy (non-hydrogen) atoms. The van der Waals surface area contributed by atoms with Crippen molar-refractivity contribution in [2.45, 2.75) is 25.7 Å². The summed E-state index contributed by atoms with van der Waals surface area (Å²) in [7, 11) is 0. The van der Waals surface area contributed by atoms with E-state index in [1.54, 1.807) is 12.1 Å². The van der Waals surface area contributed by atoms with Crippen LogP contribution in [-0.4, -0.2) is 16.0 Å². The van der Waals surface area contributed by atoms with Gasteiger partial charge in [-0.3, -0.25) is 4.79 Å². The first-order valence-electron chi connectivity index (χ1n) is 5.66. The molecule has 1 aromatic heterocycles. The molecule has 2 rings (SSSR count). The smallest absolute Gasteiger partial charge is 0.217 e. The van der Waals surface area contributed by atoms with Crippen LogP contribution in [0.2, 0.25) is 0 Å². The first-order chi connectivity index (χ1) is 8.08. The van der Waals surface area contributed by atoms with E-state index in [2.05, 4.69) is 11.9 Å². The van der Waals surface area contributed by atoms with Crippen LogP contribution in [0.3, 0.4) is 0 Å². The predicted octanol–water partition coefficient (Wildman–Crippen LogP) is 2.24. The number of aromatic hydroxyl groups is 1. The van der Waals surface area contributed by atoms with Crippen LogP contribution in [0.4, 0.5) is 0 Å². The number of fused-ring (bicyclic) bond motifs is 1. The van der Waals surface area contributed by atoms with E-state index in [-0.39, 0.29) is 17.6 Å². The summed E-state index contributed by atoms with van der Waals surface area (Å²) in [6, 6.07) is 5.23. The number of aromatic nitrogens is 1. The van der Waals surface area contributed by atoms with Gasteiger partial charge in [0.2, 0.25) is 5.91 Å². The molecule has 4 nitrogen and oxygen atoms in total. The molecule has 4 N–H and O–H groups in total. The third-order valence-corrected chi connectivity index (χ3v) is 3.05. The lowest BCUT2D eigenvalue weighted by Gasteiger charge is -2.09. The molecule has 0 spiro atoms. The highest BCUT2D eigenvalue weighted by molar-refractivity contribution is 5.85. The van der Waals surface area contributed by atoms with Crippen LogP contribution >= 0.6 is 0 Å². The molecule has 0 bridgehead atoms. The van der Waals surface area contributed by atoms with Gasteiger partial charge in [-0.15, -0.1) is 0 Å². The summed E-state index contributed by atoms with van der Waals surface area (Å²) in [6.07, 6.45) is 3.03. The first-order valence-corrected chi connectivity index (χ1v) is 5.66. The molecule has 1 amide bonds. The van der Waals surface area contributed by atoms with Crippen LogP contribution in [0.1, 0.15) is 31.2 Å². The molecule has 0 aliphatic heterocycles. The van der Waals surface area contributed by atoms with Crippen molar-refractivity contribution in [2.24, 2.45) is 5.73 Å². The number of rotatable bonds is 4. The van der Waals surface area contributed by atoms with Crippen molar-refractivity contribution >= 4 is 16.8 Å².